The lowest BCUT2D eigenvalue weighted by Gasteiger charge is -2.16. The van der Waals surface area contributed by atoms with E-state index in [0.717, 1.165) is 13.0 Å². The van der Waals surface area contributed by atoms with Crippen molar-refractivity contribution in [2.24, 2.45) is 0 Å². The Morgan fingerprint density at radius 3 is 2.62 bits per heavy atom. The highest BCUT2D eigenvalue weighted by atomic mass is 79.9. The molecule has 6 heteroatoms. The number of halogens is 3. The molecule has 0 saturated carbocycles. The third kappa shape index (κ3) is 3.16. The number of carbonyl (C=O) groups is 1. The van der Waals surface area contributed by atoms with Crippen LogP contribution in [-0.2, 0) is 4.79 Å². The summed E-state index contributed by atoms with van der Waals surface area (Å²) >= 11 is 3.03. The van der Waals surface area contributed by atoms with E-state index in [1.54, 1.807) is 0 Å². The molecule has 3 nitrogen and oxygen atoms in total. The normalized spacial score (nSPS) is 14.2. The summed E-state index contributed by atoms with van der Waals surface area (Å²) in [7, 11) is 0. The molecule has 1 aromatic rings. The Bertz CT molecular complexity index is 396. The third-order valence-corrected chi connectivity index (χ3v) is 2.30. The first-order chi connectivity index (χ1) is 7.41. The van der Waals surface area contributed by atoms with Gasteiger partial charge in [0.25, 0.3) is 0 Å². The molecule has 0 radical (unpaired) electrons. The van der Waals surface area contributed by atoms with Crippen molar-refractivity contribution in [3.63, 3.8) is 0 Å². The standard InChI is InChI=1S/C10H9BrF2O3/c1-5(12)9(10(14)15)16-8-3-2-6(11)4-7(8)13/h2-5,9H,1H3,(H,14,15). The van der Waals surface area contributed by atoms with Crippen molar-refractivity contribution in [1.82, 2.24) is 0 Å². The fraction of sp³-hybridized carbons (Fsp3) is 0.300. The molecule has 0 saturated heterocycles. The zero-order chi connectivity index (χ0) is 12.3. The van der Waals surface area contributed by atoms with Crippen molar-refractivity contribution >= 4 is 21.9 Å². The van der Waals surface area contributed by atoms with Gasteiger partial charge in [0.1, 0.15) is 6.17 Å². The lowest BCUT2D eigenvalue weighted by Crippen LogP contribution is -2.35. The minimum absolute atomic E-state index is 0.292. The average molecular weight is 295 g/mol. The topological polar surface area (TPSA) is 46.5 Å². The van der Waals surface area contributed by atoms with E-state index in [1.165, 1.54) is 12.1 Å². The van der Waals surface area contributed by atoms with Crippen LogP contribution < -0.4 is 4.74 Å². The highest BCUT2D eigenvalue weighted by molar-refractivity contribution is 9.10. The van der Waals surface area contributed by atoms with Gasteiger partial charge in [-0.15, -0.1) is 0 Å². The van der Waals surface area contributed by atoms with E-state index in [-0.39, 0.29) is 5.75 Å². The number of carboxylic acid groups (broad SMARTS) is 1. The first kappa shape index (κ1) is 12.9. The summed E-state index contributed by atoms with van der Waals surface area (Å²) in [6.45, 7) is 1.04. The Hall–Kier alpha value is -1.17. The molecule has 1 aromatic carbocycles. The molecular formula is C10H9BrF2O3. The molecule has 0 bridgehead atoms. The first-order valence-corrected chi connectivity index (χ1v) is 5.19. The van der Waals surface area contributed by atoms with Crippen LogP contribution in [0.1, 0.15) is 6.92 Å². The lowest BCUT2D eigenvalue weighted by atomic mass is 10.2. The summed E-state index contributed by atoms with van der Waals surface area (Å²) in [5.41, 5.74) is 0. The van der Waals surface area contributed by atoms with Gasteiger partial charge in [0, 0.05) is 4.47 Å². The zero-order valence-electron chi connectivity index (χ0n) is 8.28. The monoisotopic (exact) mass is 294 g/mol. The number of carboxylic acids is 1. The summed E-state index contributed by atoms with van der Waals surface area (Å²) in [6.07, 6.45) is -3.45. The second-order valence-corrected chi connectivity index (χ2v) is 4.04. The van der Waals surface area contributed by atoms with E-state index in [0.29, 0.717) is 4.47 Å². The largest absolute Gasteiger partial charge is 0.478 e. The predicted octanol–water partition coefficient (Wildman–Crippen LogP) is 2.78. The highest BCUT2D eigenvalue weighted by Crippen LogP contribution is 2.23. The Kier molecular flexibility index (Phi) is 4.23. The molecule has 2 atom stereocenters. The number of benzene rings is 1. The average Bonchev–Trinajstić information content (AvgIpc) is 2.15. The third-order valence-electron chi connectivity index (χ3n) is 1.81. The van der Waals surface area contributed by atoms with Gasteiger partial charge in [-0.25, -0.2) is 13.6 Å². The summed E-state index contributed by atoms with van der Waals surface area (Å²) in [5, 5.41) is 8.65. The molecular weight excluding hydrogens is 286 g/mol. The van der Waals surface area contributed by atoms with Crippen LogP contribution in [0.3, 0.4) is 0 Å². The fourth-order valence-corrected chi connectivity index (χ4v) is 1.38. The van der Waals surface area contributed by atoms with Crippen LogP contribution in [0.2, 0.25) is 0 Å². The maximum absolute atomic E-state index is 13.3. The van der Waals surface area contributed by atoms with Crippen molar-refractivity contribution in [2.45, 2.75) is 19.2 Å². The van der Waals surface area contributed by atoms with E-state index < -0.39 is 24.1 Å². The lowest BCUT2D eigenvalue weighted by molar-refractivity contribution is -0.147. The van der Waals surface area contributed by atoms with Crippen LogP contribution in [0.5, 0.6) is 5.75 Å². The number of hydrogen-bond acceptors (Lipinski definition) is 2. The van der Waals surface area contributed by atoms with Gasteiger partial charge in [0.2, 0.25) is 6.10 Å². The Labute approximate surface area is 99.2 Å². The second-order valence-electron chi connectivity index (χ2n) is 3.13. The Morgan fingerprint density at radius 1 is 1.56 bits per heavy atom. The zero-order valence-corrected chi connectivity index (χ0v) is 9.87. The molecule has 0 fully saturated rings. The van der Waals surface area contributed by atoms with Crippen LogP contribution in [0.4, 0.5) is 8.78 Å². The molecule has 0 spiro atoms. The van der Waals surface area contributed by atoms with Gasteiger partial charge in [0.05, 0.1) is 0 Å². The Balaban J connectivity index is 2.90. The van der Waals surface area contributed by atoms with Crippen molar-refractivity contribution in [2.75, 3.05) is 0 Å². The van der Waals surface area contributed by atoms with Gasteiger partial charge in [-0.1, -0.05) is 15.9 Å². The molecule has 0 aliphatic rings. The number of ether oxygens (including phenoxy) is 1. The van der Waals surface area contributed by atoms with Gasteiger partial charge in [-0.2, -0.15) is 0 Å². The van der Waals surface area contributed by atoms with E-state index >= 15 is 0 Å². The van der Waals surface area contributed by atoms with E-state index in [1.807, 2.05) is 0 Å². The molecule has 0 aromatic heterocycles. The summed E-state index contributed by atoms with van der Waals surface area (Å²) in [6, 6.07) is 3.81. The molecule has 16 heavy (non-hydrogen) atoms. The maximum atomic E-state index is 13.3. The predicted molar refractivity (Wildman–Crippen MR) is 56.7 cm³/mol. The SMILES string of the molecule is CC(F)C(Oc1ccc(Br)cc1F)C(=O)O. The van der Waals surface area contributed by atoms with Gasteiger partial charge in [-0.3, -0.25) is 0 Å². The van der Waals surface area contributed by atoms with Gasteiger partial charge in [0.15, 0.2) is 11.6 Å². The molecule has 0 amide bonds. The number of aliphatic carboxylic acids is 1. The molecule has 0 heterocycles. The van der Waals surface area contributed by atoms with Crippen LogP contribution in [-0.4, -0.2) is 23.4 Å². The number of alkyl halides is 1. The van der Waals surface area contributed by atoms with Crippen LogP contribution in [0, 0.1) is 5.82 Å². The van der Waals surface area contributed by atoms with Crippen molar-refractivity contribution in [3.05, 3.63) is 28.5 Å². The van der Waals surface area contributed by atoms with Crippen LogP contribution >= 0.6 is 15.9 Å². The fourth-order valence-electron chi connectivity index (χ4n) is 1.05. The van der Waals surface area contributed by atoms with Gasteiger partial charge in [-0.05, 0) is 25.1 Å². The van der Waals surface area contributed by atoms with Gasteiger partial charge < -0.3 is 9.84 Å². The van der Waals surface area contributed by atoms with Gasteiger partial charge >= 0.3 is 5.97 Å². The molecule has 1 N–H and O–H groups in total. The molecule has 88 valence electrons. The van der Waals surface area contributed by atoms with Crippen molar-refractivity contribution in [1.29, 1.82) is 0 Å². The molecule has 2 unspecified atom stereocenters. The second kappa shape index (κ2) is 5.25. The summed E-state index contributed by atoms with van der Waals surface area (Å²) in [4.78, 5) is 10.6. The van der Waals surface area contributed by atoms with Crippen LogP contribution in [0.25, 0.3) is 0 Å². The summed E-state index contributed by atoms with van der Waals surface area (Å²) < 4.78 is 31.4. The summed E-state index contributed by atoms with van der Waals surface area (Å²) in [5.74, 6) is -2.52. The minimum Gasteiger partial charge on any atom is -0.478 e. The maximum Gasteiger partial charge on any atom is 0.348 e. The number of rotatable bonds is 4. The Morgan fingerprint density at radius 2 is 2.19 bits per heavy atom. The van der Waals surface area contributed by atoms with E-state index in [4.69, 9.17) is 9.84 Å². The minimum atomic E-state index is -1.74. The van der Waals surface area contributed by atoms with E-state index in [9.17, 15) is 13.6 Å². The first-order valence-electron chi connectivity index (χ1n) is 4.40. The van der Waals surface area contributed by atoms with Crippen molar-refractivity contribution in [3.8, 4) is 5.75 Å². The number of hydrogen-bond donors (Lipinski definition) is 1. The smallest absolute Gasteiger partial charge is 0.348 e. The quantitative estimate of drug-likeness (QED) is 0.929. The molecule has 1 rings (SSSR count). The van der Waals surface area contributed by atoms with E-state index in [2.05, 4.69) is 15.9 Å². The molecule has 0 aliphatic carbocycles. The highest BCUT2D eigenvalue weighted by Gasteiger charge is 2.27. The van der Waals surface area contributed by atoms with Crippen molar-refractivity contribution < 1.29 is 23.4 Å². The van der Waals surface area contributed by atoms with Crippen LogP contribution in [0.15, 0.2) is 22.7 Å². The molecule has 0 aliphatic heterocycles.